The quantitative estimate of drug-likeness (QED) is 0.562. The molecule has 4 nitrogen and oxygen atoms in total. The molecule has 1 N–H and O–H groups in total. The van der Waals surface area contributed by atoms with Gasteiger partial charge in [-0.25, -0.2) is 14.4 Å². The van der Waals surface area contributed by atoms with Crippen molar-refractivity contribution in [2.24, 2.45) is 0 Å². The molecule has 0 spiro atoms. The van der Waals surface area contributed by atoms with E-state index in [0.29, 0.717) is 11.6 Å². The topological polar surface area (TPSA) is 59.2 Å². The van der Waals surface area contributed by atoms with Crippen LogP contribution in [0.25, 0.3) is 33.6 Å². The number of benzene rings is 2. The van der Waals surface area contributed by atoms with Crippen molar-refractivity contribution >= 4 is 10.9 Å². The summed E-state index contributed by atoms with van der Waals surface area (Å²) in [6.45, 7) is 3.69. The molecule has 4 aromatic rings. The highest BCUT2D eigenvalue weighted by atomic mass is 19.1. The molecule has 1 atom stereocenters. The van der Waals surface area contributed by atoms with Crippen LogP contribution in [-0.4, -0.2) is 15.1 Å². The average Bonchev–Trinajstić information content (AvgIpc) is 3.15. The Kier molecular flexibility index (Phi) is 4.01. The molecule has 0 radical (unpaired) electrons. The van der Waals surface area contributed by atoms with Crippen LogP contribution >= 0.6 is 0 Å². The maximum absolute atomic E-state index is 13.4. The van der Waals surface area contributed by atoms with Gasteiger partial charge in [0.1, 0.15) is 17.8 Å². The van der Waals surface area contributed by atoms with Crippen molar-refractivity contribution in [1.82, 2.24) is 9.97 Å². The van der Waals surface area contributed by atoms with Gasteiger partial charge in [0.05, 0.1) is 17.8 Å². The molecule has 0 aliphatic heterocycles. The van der Waals surface area contributed by atoms with Gasteiger partial charge in [-0.1, -0.05) is 18.2 Å². The standard InChI is InChI=1S/C21H17FN2O2/c1-12-9-16(13(2)25)18-11-17(14-3-5-15(22)6-4-14)20(24-19(18)10-12)21-23-7-8-26-21/h3-11,13,25H,1-2H3. The molecule has 0 saturated carbocycles. The molecular weight excluding hydrogens is 331 g/mol. The Labute approximate surface area is 150 Å². The summed E-state index contributed by atoms with van der Waals surface area (Å²) < 4.78 is 18.8. The van der Waals surface area contributed by atoms with Gasteiger partial charge in [-0.05, 0) is 54.8 Å². The molecule has 5 heteroatoms. The lowest BCUT2D eigenvalue weighted by atomic mass is 9.96. The lowest BCUT2D eigenvalue weighted by Crippen LogP contribution is -1.98. The fourth-order valence-electron chi connectivity index (χ4n) is 3.15. The van der Waals surface area contributed by atoms with E-state index in [4.69, 9.17) is 9.40 Å². The summed E-state index contributed by atoms with van der Waals surface area (Å²) in [5, 5.41) is 11.0. The Bertz CT molecular complexity index is 1070. The number of hydrogen-bond donors (Lipinski definition) is 1. The number of aromatic nitrogens is 2. The molecule has 0 fully saturated rings. The number of aryl methyl sites for hydroxylation is 1. The second-order valence-corrected chi connectivity index (χ2v) is 6.33. The van der Waals surface area contributed by atoms with Crippen LogP contribution in [0.2, 0.25) is 0 Å². The maximum Gasteiger partial charge on any atom is 0.245 e. The zero-order valence-electron chi connectivity index (χ0n) is 14.4. The molecule has 0 amide bonds. The fourth-order valence-corrected chi connectivity index (χ4v) is 3.15. The van der Waals surface area contributed by atoms with Crippen LogP contribution in [-0.2, 0) is 0 Å². The third-order valence-corrected chi connectivity index (χ3v) is 4.35. The van der Waals surface area contributed by atoms with E-state index in [-0.39, 0.29) is 5.82 Å². The molecule has 130 valence electrons. The average molecular weight is 348 g/mol. The Hall–Kier alpha value is -3.05. The van der Waals surface area contributed by atoms with Crippen LogP contribution in [0.1, 0.15) is 24.2 Å². The summed E-state index contributed by atoms with van der Waals surface area (Å²) in [4.78, 5) is 8.98. The summed E-state index contributed by atoms with van der Waals surface area (Å²) in [7, 11) is 0. The van der Waals surface area contributed by atoms with E-state index in [1.54, 1.807) is 25.3 Å². The predicted molar refractivity (Wildman–Crippen MR) is 98.0 cm³/mol. The molecule has 0 saturated heterocycles. The van der Waals surface area contributed by atoms with Gasteiger partial charge in [0.15, 0.2) is 0 Å². The van der Waals surface area contributed by atoms with Gasteiger partial charge in [-0.15, -0.1) is 0 Å². The number of aliphatic hydroxyl groups is 1. The van der Waals surface area contributed by atoms with Gasteiger partial charge in [0.25, 0.3) is 0 Å². The number of pyridine rings is 1. The Morgan fingerprint density at radius 3 is 2.54 bits per heavy atom. The molecule has 4 rings (SSSR count). The minimum absolute atomic E-state index is 0.305. The molecule has 1 unspecified atom stereocenters. The summed E-state index contributed by atoms with van der Waals surface area (Å²) in [6, 6.07) is 12.1. The minimum atomic E-state index is -0.632. The molecule has 0 aliphatic rings. The number of hydrogen-bond acceptors (Lipinski definition) is 4. The third-order valence-electron chi connectivity index (χ3n) is 4.35. The molecule has 0 aliphatic carbocycles. The largest absolute Gasteiger partial charge is 0.443 e. The number of oxazole rings is 1. The van der Waals surface area contributed by atoms with Crippen molar-refractivity contribution in [3.63, 3.8) is 0 Å². The van der Waals surface area contributed by atoms with Crippen molar-refractivity contribution in [2.45, 2.75) is 20.0 Å². The fraction of sp³-hybridized carbons (Fsp3) is 0.143. The van der Waals surface area contributed by atoms with Crippen LogP contribution in [0.15, 0.2) is 59.3 Å². The monoisotopic (exact) mass is 348 g/mol. The van der Waals surface area contributed by atoms with Crippen molar-refractivity contribution in [2.75, 3.05) is 0 Å². The van der Waals surface area contributed by atoms with Crippen molar-refractivity contribution in [1.29, 1.82) is 0 Å². The molecule has 0 bridgehead atoms. The smallest absolute Gasteiger partial charge is 0.245 e. The number of halogens is 1. The summed E-state index contributed by atoms with van der Waals surface area (Å²) in [5.74, 6) is 0.0896. The van der Waals surface area contributed by atoms with E-state index in [9.17, 15) is 9.50 Å². The van der Waals surface area contributed by atoms with Gasteiger partial charge in [0.2, 0.25) is 5.89 Å². The Morgan fingerprint density at radius 1 is 1.12 bits per heavy atom. The number of rotatable bonds is 3. The van der Waals surface area contributed by atoms with Crippen molar-refractivity contribution in [3.8, 4) is 22.7 Å². The van der Waals surface area contributed by atoms with Crippen molar-refractivity contribution in [3.05, 3.63) is 71.9 Å². The van der Waals surface area contributed by atoms with Gasteiger partial charge in [0, 0.05) is 10.9 Å². The lowest BCUT2D eigenvalue weighted by molar-refractivity contribution is 0.201. The number of fused-ring (bicyclic) bond motifs is 1. The number of aliphatic hydroxyl groups excluding tert-OH is 1. The van der Waals surface area contributed by atoms with E-state index in [0.717, 1.165) is 33.2 Å². The molecule has 26 heavy (non-hydrogen) atoms. The van der Waals surface area contributed by atoms with Crippen LogP contribution in [0.3, 0.4) is 0 Å². The van der Waals surface area contributed by atoms with Gasteiger partial charge >= 0.3 is 0 Å². The summed E-state index contributed by atoms with van der Waals surface area (Å²) in [6.07, 6.45) is 2.42. The highest BCUT2D eigenvalue weighted by Gasteiger charge is 2.17. The summed E-state index contributed by atoms with van der Waals surface area (Å²) >= 11 is 0. The van der Waals surface area contributed by atoms with Crippen molar-refractivity contribution < 1.29 is 13.9 Å². The molecular formula is C21H17FN2O2. The van der Waals surface area contributed by atoms with Crippen LogP contribution in [0, 0.1) is 12.7 Å². The first-order valence-electron chi connectivity index (χ1n) is 8.32. The Balaban J connectivity index is 2.07. The Morgan fingerprint density at radius 2 is 1.88 bits per heavy atom. The third kappa shape index (κ3) is 2.86. The van der Waals surface area contributed by atoms with Gasteiger partial charge in [-0.2, -0.15) is 0 Å². The minimum Gasteiger partial charge on any atom is -0.443 e. The SMILES string of the molecule is Cc1cc(C(C)O)c2cc(-c3ccc(F)cc3)c(-c3ncco3)nc2c1. The van der Waals surface area contributed by atoms with Gasteiger partial charge in [-0.3, -0.25) is 0 Å². The first kappa shape index (κ1) is 16.4. The highest BCUT2D eigenvalue weighted by molar-refractivity contribution is 5.92. The zero-order valence-corrected chi connectivity index (χ0v) is 14.4. The van der Waals surface area contributed by atoms with Crippen LogP contribution in [0.5, 0.6) is 0 Å². The highest BCUT2D eigenvalue weighted by Crippen LogP contribution is 2.35. The molecule has 2 aromatic heterocycles. The number of nitrogens with zero attached hydrogens (tertiary/aromatic N) is 2. The van der Waals surface area contributed by atoms with E-state index in [2.05, 4.69) is 4.98 Å². The lowest BCUT2D eigenvalue weighted by Gasteiger charge is -2.14. The van der Waals surface area contributed by atoms with E-state index in [1.165, 1.54) is 18.4 Å². The second-order valence-electron chi connectivity index (χ2n) is 6.33. The summed E-state index contributed by atoms with van der Waals surface area (Å²) in [5.41, 5.74) is 4.71. The molecule has 2 heterocycles. The maximum atomic E-state index is 13.4. The zero-order chi connectivity index (χ0) is 18.3. The van der Waals surface area contributed by atoms with Gasteiger partial charge < -0.3 is 9.52 Å². The first-order chi connectivity index (χ1) is 12.5. The predicted octanol–water partition coefficient (Wildman–Crippen LogP) is 5.06. The van der Waals surface area contributed by atoms with E-state index in [1.807, 2.05) is 25.1 Å². The normalized spacial score (nSPS) is 12.5. The van der Waals surface area contributed by atoms with E-state index < -0.39 is 6.10 Å². The second kappa shape index (κ2) is 6.35. The molecule has 2 aromatic carbocycles. The first-order valence-corrected chi connectivity index (χ1v) is 8.32. The van der Waals surface area contributed by atoms with Crippen LogP contribution < -0.4 is 0 Å². The van der Waals surface area contributed by atoms with Crippen LogP contribution in [0.4, 0.5) is 4.39 Å². The van der Waals surface area contributed by atoms with E-state index >= 15 is 0 Å².